The van der Waals surface area contributed by atoms with Crippen LogP contribution in [0.1, 0.15) is 24.2 Å². The highest BCUT2D eigenvalue weighted by molar-refractivity contribution is 9.10. The van der Waals surface area contributed by atoms with Crippen molar-refractivity contribution in [3.8, 4) is 0 Å². The van der Waals surface area contributed by atoms with Gasteiger partial charge in [-0.15, -0.1) is 0 Å². The number of rotatable bonds is 2. The fourth-order valence-electron chi connectivity index (χ4n) is 0.905. The van der Waals surface area contributed by atoms with Crippen LogP contribution in [0.5, 0.6) is 0 Å². The second-order valence-electron chi connectivity index (χ2n) is 3.08. The van der Waals surface area contributed by atoms with Crippen LogP contribution in [0.3, 0.4) is 0 Å². The molecule has 2 nitrogen and oxygen atoms in total. The van der Waals surface area contributed by atoms with Crippen LogP contribution in [0.2, 0.25) is 0 Å². The molecule has 0 radical (unpaired) electrons. The predicted molar refractivity (Wildman–Crippen MR) is 54.7 cm³/mol. The zero-order valence-electron chi connectivity index (χ0n) is 7.88. The van der Waals surface area contributed by atoms with E-state index in [1.54, 1.807) is 13.8 Å². The van der Waals surface area contributed by atoms with Gasteiger partial charge in [0.15, 0.2) is 0 Å². The molecule has 0 spiro atoms. The van der Waals surface area contributed by atoms with Crippen molar-refractivity contribution in [3.63, 3.8) is 0 Å². The standard InChI is InChI=1S/C10H10BrFO2/c1-6(2)14-10(13)7-3-4-9(12)8(11)5-7/h3-6H,1-2H3. The van der Waals surface area contributed by atoms with Crippen LogP contribution in [0.4, 0.5) is 4.39 Å². The van der Waals surface area contributed by atoms with Gasteiger partial charge in [0, 0.05) is 0 Å². The van der Waals surface area contributed by atoms with Crippen LogP contribution in [0, 0.1) is 5.82 Å². The fourth-order valence-corrected chi connectivity index (χ4v) is 1.28. The number of benzene rings is 1. The number of carbonyl (C=O) groups is 1. The van der Waals surface area contributed by atoms with Gasteiger partial charge in [-0.2, -0.15) is 0 Å². The second-order valence-corrected chi connectivity index (χ2v) is 3.94. The van der Waals surface area contributed by atoms with E-state index in [2.05, 4.69) is 15.9 Å². The zero-order valence-corrected chi connectivity index (χ0v) is 9.47. The molecule has 0 amide bonds. The van der Waals surface area contributed by atoms with Crippen molar-refractivity contribution in [2.45, 2.75) is 20.0 Å². The van der Waals surface area contributed by atoms with Crippen LogP contribution < -0.4 is 0 Å². The van der Waals surface area contributed by atoms with Crippen LogP contribution in [-0.4, -0.2) is 12.1 Å². The van der Waals surface area contributed by atoms with Gasteiger partial charge in [-0.05, 0) is 48.0 Å². The molecule has 4 heteroatoms. The van der Waals surface area contributed by atoms with Crippen molar-refractivity contribution < 1.29 is 13.9 Å². The summed E-state index contributed by atoms with van der Waals surface area (Å²) in [6, 6.07) is 4.02. The molecule has 0 N–H and O–H groups in total. The molecule has 0 aromatic heterocycles. The minimum Gasteiger partial charge on any atom is -0.459 e. The smallest absolute Gasteiger partial charge is 0.338 e. The minimum atomic E-state index is -0.444. The van der Waals surface area contributed by atoms with Crippen molar-refractivity contribution >= 4 is 21.9 Å². The molecule has 1 rings (SSSR count). The van der Waals surface area contributed by atoms with E-state index >= 15 is 0 Å². The topological polar surface area (TPSA) is 26.3 Å². The van der Waals surface area contributed by atoms with Crippen molar-refractivity contribution in [1.29, 1.82) is 0 Å². The summed E-state index contributed by atoms with van der Waals surface area (Å²) in [4.78, 5) is 11.4. The number of hydrogen-bond donors (Lipinski definition) is 0. The molecule has 0 saturated heterocycles. The summed E-state index contributed by atoms with van der Waals surface area (Å²) in [6.45, 7) is 3.52. The first-order chi connectivity index (χ1) is 6.50. The van der Waals surface area contributed by atoms with Gasteiger partial charge in [0.2, 0.25) is 0 Å². The van der Waals surface area contributed by atoms with Crippen LogP contribution in [0.15, 0.2) is 22.7 Å². The van der Waals surface area contributed by atoms with Gasteiger partial charge in [-0.1, -0.05) is 0 Å². The van der Waals surface area contributed by atoms with Crippen LogP contribution >= 0.6 is 15.9 Å². The van der Waals surface area contributed by atoms with E-state index in [1.807, 2.05) is 0 Å². The molecule has 1 aromatic carbocycles. The Morgan fingerprint density at radius 3 is 2.64 bits per heavy atom. The summed E-state index contributed by atoms with van der Waals surface area (Å²) in [5, 5.41) is 0. The van der Waals surface area contributed by atoms with E-state index in [9.17, 15) is 9.18 Å². The molecule has 76 valence electrons. The van der Waals surface area contributed by atoms with E-state index in [0.29, 0.717) is 5.56 Å². The molecular weight excluding hydrogens is 251 g/mol. The van der Waals surface area contributed by atoms with Gasteiger partial charge in [-0.3, -0.25) is 0 Å². The molecule has 0 bridgehead atoms. The average Bonchev–Trinajstić information content (AvgIpc) is 2.08. The summed E-state index contributed by atoms with van der Waals surface area (Å²) < 4.78 is 18.0. The Kier molecular flexibility index (Phi) is 3.63. The van der Waals surface area contributed by atoms with Gasteiger partial charge in [-0.25, -0.2) is 9.18 Å². The minimum absolute atomic E-state index is 0.175. The maximum atomic E-state index is 12.8. The third-order valence-electron chi connectivity index (χ3n) is 1.50. The quantitative estimate of drug-likeness (QED) is 0.764. The largest absolute Gasteiger partial charge is 0.459 e. The highest BCUT2D eigenvalue weighted by Crippen LogP contribution is 2.17. The van der Waals surface area contributed by atoms with Crippen molar-refractivity contribution in [2.75, 3.05) is 0 Å². The molecule has 1 aromatic rings. The number of carbonyl (C=O) groups excluding carboxylic acids is 1. The lowest BCUT2D eigenvalue weighted by atomic mass is 10.2. The Hall–Kier alpha value is -0.900. The monoisotopic (exact) mass is 260 g/mol. The van der Waals surface area contributed by atoms with Gasteiger partial charge >= 0.3 is 5.97 Å². The van der Waals surface area contributed by atoms with E-state index in [-0.39, 0.29) is 10.6 Å². The first-order valence-corrected chi connectivity index (χ1v) is 4.96. The van der Waals surface area contributed by atoms with Crippen molar-refractivity contribution in [2.24, 2.45) is 0 Å². The number of halogens is 2. The highest BCUT2D eigenvalue weighted by Gasteiger charge is 2.10. The highest BCUT2D eigenvalue weighted by atomic mass is 79.9. The molecule has 0 atom stereocenters. The summed E-state index contributed by atoms with van der Waals surface area (Å²) in [5.74, 6) is -0.841. The SMILES string of the molecule is CC(C)OC(=O)c1ccc(F)c(Br)c1. The zero-order chi connectivity index (χ0) is 10.7. The number of ether oxygens (including phenoxy) is 1. The Bertz CT molecular complexity index is 350. The molecule has 0 saturated carbocycles. The average molecular weight is 261 g/mol. The first kappa shape index (κ1) is 11.2. The molecule has 0 aliphatic carbocycles. The molecule has 0 heterocycles. The predicted octanol–water partition coefficient (Wildman–Crippen LogP) is 3.15. The lowest BCUT2D eigenvalue weighted by Crippen LogP contribution is -2.11. The summed E-state index contributed by atoms with van der Waals surface area (Å²) >= 11 is 3.00. The van der Waals surface area contributed by atoms with E-state index < -0.39 is 11.8 Å². The van der Waals surface area contributed by atoms with E-state index in [1.165, 1.54) is 18.2 Å². The molecular formula is C10H10BrFO2. The summed E-state index contributed by atoms with van der Waals surface area (Å²) in [5.41, 5.74) is 0.340. The number of hydrogen-bond acceptors (Lipinski definition) is 2. The summed E-state index contributed by atoms with van der Waals surface area (Å²) in [7, 11) is 0. The maximum absolute atomic E-state index is 12.8. The molecule has 0 fully saturated rings. The Morgan fingerprint density at radius 1 is 1.50 bits per heavy atom. The van der Waals surface area contributed by atoms with E-state index in [0.717, 1.165) is 0 Å². The third-order valence-corrected chi connectivity index (χ3v) is 2.11. The third kappa shape index (κ3) is 2.80. The maximum Gasteiger partial charge on any atom is 0.338 e. The van der Waals surface area contributed by atoms with Gasteiger partial charge in [0.1, 0.15) is 5.82 Å². The van der Waals surface area contributed by atoms with E-state index in [4.69, 9.17) is 4.74 Å². The molecule has 0 aliphatic rings. The second kappa shape index (κ2) is 4.55. The molecule has 14 heavy (non-hydrogen) atoms. The Morgan fingerprint density at radius 2 is 2.14 bits per heavy atom. The molecule has 0 aliphatic heterocycles. The Balaban J connectivity index is 2.86. The lowest BCUT2D eigenvalue weighted by Gasteiger charge is -2.07. The normalized spacial score (nSPS) is 10.4. The van der Waals surface area contributed by atoms with Crippen LogP contribution in [0.25, 0.3) is 0 Å². The van der Waals surface area contributed by atoms with Crippen molar-refractivity contribution in [1.82, 2.24) is 0 Å². The van der Waals surface area contributed by atoms with Crippen LogP contribution in [-0.2, 0) is 4.74 Å². The van der Waals surface area contributed by atoms with Gasteiger partial charge < -0.3 is 4.74 Å². The first-order valence-electron chi connectivity index (χ1n) is 4.16. The number of esters is 1. The Labute approximate surface area is 90.2 Å². The van der Waals surface area contributed by atoms with Crippen molar-refractivity contribution in [3.05, 3.63) is 34.1 Å². The fraction of sp³-hybridized carbons (Fsp3) is 0.300. The lowest BCUT2D eigenvalue weighted by molar-refractivity contribution is 0.0378. The van der Waals surface area contributed by atoms with Gasteiger partial charge in [0.05, 0.1) is 16.1 Å². The molecule has 0 unspecified atom stereocenters. The summed E-state index contributed by atoms with van der Waals surface area (Å²) in [6.07, 6.45) is -0.175. The van der Waals surface area contributed by atoms with Gasteiger partial charge in [0.25, 0.3) is 0 Å².